The van der Waals surface area contributed by atoms with Crippen molar-refractivity contribution in [1.29, 1.82) is 0 Å². The number of hydrogen-bond donors (Lipinski definition) is 3. The number of para-hydroxylation sites is 1. The molecule has 0 unspecified atom stereocenters. The largest absolute Gasteiger partial charge is 0.321 e. The monoisotopic (exact) mass is 455 g/mol. The minimum absolute atomic E-state index is 0.00279. The molecule has 0 saturated carbocycles. The highest BCUT2D eigenvalue weighted by atomic mass is 16.2. The highest BCUT2D eigenvalue weighted by Crippen LogP contribution is 2.17. The van der Waals surface area contributed by atoms with Gasteiger partial charge in [0.05, 0.1) is 16.6 Å². The molecule has 3 amide bonds. The lowest BCUT2D eigenvalue weighted by Crippen LogP contribution is -2.43. The summed E-state index contributed by atoms with van der Waals surface area (Å²) in [7, 11) is 0. The van der Waals surface area contributed by atoms with Crippen LogP contribution in [0.2, 0.25) is 0 Å². The van der Waals surface area contributed by atoms with E-state index >= 15 is 0 Å². The van der Waals surface area contributed by atoms with Gasteiger partial charge in [-0.2, -0.15) is 5.10 Å². The fourth-order valence-electron chi connectivity index (χ4n) is 3.43. The number of carbonyl (C=O) groups excluding carboxylic acids is 3. The number of amides is 3. The normalized spacial score (nSPS) is 10.5. The van der Waals surface area contributed by atoms with Gasteiger partial charge < -0.3 is 5.32 Å². The summed E-state index contributed by atoms with van der Waals surface area (Å²) < 4.78 is 1.19. The molecule has 3 aromatic carbocycles. The van der Waals surface area contributed by atoms with E-state index in [0.29, 0.717) is 16.3 Å². The van der Waals surface area contributed by atoms with Crippen LogP contribution in [0.1, 0.15) is 38.1 Å². The number of rotatable bonds is 5. The number of hydrazine groups is 1. The lowest BCUT2D eigenvalue weighted by molar-refractivity contribution is 0.0844. The zero-order chi connectivity index (χ0) is 24.1. The van der Waals surface area contributed by atoms with Gasteiger partial charge in [-0.1, -0.05) is 48.5 Å². The van der Waals surface area contributed by atoms with Crippen LogP contribution >= 0.6 is 0 Å². The average Bonchev–Trinajstić information content (AvgIpc) is 2.88. The maximum Gasteiger partial charge on any atom is 0.290 e. The molecule has 0 fully saturated rings. The number of nitrogens with zero attached hydrogens (tertiary/aromatic N) is 2. The van der Waals surface area contributed by atoms with Gasteiger partial charge in [-0.25, -0.2) is 4.68 Å². The van der Waals surface area contributed by atoms with E-state index < -0.39 is 11.8 Å². The van der Waals surface area contributed by atoms with Crippen LogP contribution in [0.15, 0.2) is 83.7 Å². The first-order valence-electron chi connectivity index (χ1n) is 10.6. The Bertz CT molecular complexity index is 1450. The highest BCUT2D eigenvalue weighted by molar-refractivity contribution is 6.10. The fourth-order valence-corrected chi connectivity index (χ4v) is 3.43. The second kappa shape index (κ2) is 9.78. The maximum atomic E-state index is 12.8. The van der Waals surface area contributed by atoms with Gasteiger partial charge in [0.25, 0.3) is 23.3 Å². The summed E-state index contributed by atoms with van der Waals surface area (Å²) in [5.41, 5.74) is 5.27. The van der Waals surface area contributed by atoms with E-state index in [2.05, 4.69) is 21.3 Å². The standard InChI is InChI=1S/C25H21N5O4/c1-2-30-25(34)18-13-7-6-12-17(18)21(29-30)24(33)28-27-23(32)19-14-8-9-15-20(19)26-22(31)16-10-4-3-5-11-16/h3-15H,2H2,1H3,(H,26,31)(H,27,32)(H,28,33). The first-order chi connectivity index (χ1) is 16.5. The van der Waals surface area contributed by atoms with Crippen molar-refractivity contribution >= 4 is 34.2 Å². The molecule has 0 atom stereocenters. The zero-order valence-corrected chi connectivity index (χ0v) is 18.2. The van der Waals surface area contributed by atoms with Crippen molar-refractivity contribution in [2.75, 3.05) is 5.32 Å². The van der Waals surface area contributed by atoms with Crippen molar-refractivity contribution < 1.29 is 14.4 Å². The van der Waals surface area contributed by atoms with Gasteiger partial charge in [0.1, 0.15) is 0 Å². The quantitative estimate of drug-likeness (QED) is 0.400. The Morgan fingerprint density at radius 2 is 1.38 bits per heavy atom. The molecule has 3 N–H and O–H groups in total. The molecule has 0 spiro atoms. The minimum Gasteiger partial charge on any atom is -0.321 e. The predicted octanol–water partition coefficient (Wildman–Crippen LogP) is 2.74. The summed E-state index contributed by atoms with van der Waals surface area (Å²) >= 11 is 0. The summed E-state index contributed by atoms with van der Waals surface area (Å²) in [6.45, 7) is 2.03. The Balaban J connectivity index is 1.53. The number of aryl methyl sites for hydroxylation is 1. The van der Waals surface area contributed by atoms with Gasteiger partial charge in [0, 0.05) is 17.5 Å². The molecule has 1 heterocycles. The predicted molar refractivity (Wildman–Crippen MR) is 127 cm³/mol. The molecular formula is C25H21N5O4. The van der Waals surface area contributed by atoms with Crippen LogP contribution in [-0.4, -0.2) is 27.5 Å². The van der Waals surface area contributed by atoms with Crippen molar-refractivity contribution in [3.05, 3.63) is 106 Å². The van der Waals surface area contributed by atoms with Crippen LogP contribution in [0, 0.1) is 0 Å². The molecule has 0 aliphatic heterocycles. The summed E-state index contributed by atoms with van der Waals surface area (Å²) in [4.78, 5) is 50.6. The molecule has 34 heavy (non-hydrogen) atoms. The van der Waals surface area contributed by atoms with E-state index in [1.54, 1.807) is 79.7 Å². The van der Waals surface area contributed by atoms with Gasteiger partial charge in [-0.05, 0) is 37.3 Å². The lowest BCUT2D eigenvalue weighted by Gasteiger charge is -2.13. The third-order valence-corrected chi connectivity index (χ3v) is 5.13. The van der Waals surface area contributed by atoms with Crippen molar-refractivity contribution in [1.82, 2.24) is 20.6 Å². The molecule has 0 saturated heterocycles. The Morgan fingerprint density at radius 1 is 0.765 bits per heavy atom. The fraction of sp³-hybridized carbons (Fsp3) is 0.0800. The smallest absolute Gasteiger partial charge is 0.290 e. The Kier molecular flexibility index (Phi) is 6.45. The molecule has 4 rings (SSSR count). The molecule has 0 aliphatic rings. The van der Waals surface area contributed by atoms with Gasteiger partial charge in [-0.15, -0.1) is 0 Å². The second-order valence-electron chi connectivity index (χ2n) is 7.29. The van der Waals surface area contributed by atoms with Gasteiger partial charge in [0.15, 0.2) is 5.69 Å². The van der Waals surface area contributed by atoms with Crippen molar-refractivity contribution in [3.63, 3.8) is 0 Å². The Hall–Kier alpha value is -4.79. The van der Waals surface area contributed by atoms with E-state index in [1.807, 2.05) is 0 Å². The Labute approximate surface area is 194 Å². The molecule has 9 nitrogen and oxygen atoms in total. The number of hydrogen-bond acceptors (Lipinski definition) is 5. The number of carbonyl (C=O) groups is 3. The van der Waals surface area contributed by atoms with Crippen LogP contribution in [-0.2, 0) is 6.54 Å². The molecule has 0 radical (unpaired) electrons. The topological polar surface area (TPSA) is 122 Å². The van der Waals surface area contributed by atoms with Crippen LogP contribution in [0.4, 0.5) is 5.69 Å². The van der Waals surface area contributed by atoms with Crippen LogP contribution in [0.3, 0.4) is 0 Å². The van der Waals surface area contributed by atoms with Crippen LogP contribution < -0.4 is 21.7 Å². The van der Waals surface area contributed by atoms with Crippen molar-refractivity contribution in [2.24, 2.45) is 0 Å². The van der Waals surface area contributed by atoms with E-state index in [4.69, 9.17) is 0 Å². The number of fused-ring (bicyclic) bond motifs is 1. The van der Waals surface area contributed by atoms with Gasteiger partial charge in [-0.3, -0.25) is 30.0 Å². The third-order valence-electron chi connectivity index (χ3n) is 5.13. The number of aromatic nitrogens is 2. The summed E-state index contributed by atoms with van der Waals surface area (Å²) in [5.74, 6) is -1.69. The Morgan fingerprint density at radius 3 is 2.12 bits per heavy atom. The molecule has 4 aromatic rings. The zero-order valence-electron chi connectivity index (χ0n) is 18.2. The first kappa shape index (κ1) is 22.4. The molecule has 9 heteroatoms. The van der Waals surface area contributed by atoms with E-state index in [9.17, 15) is 19.2 Å². The summed E-state index contributed by atoms with van der Waals surface area (Å²) in [6, 6.07) is 21.7. The second-order valence-corrected chi connectivity index (χ2v) is 7.29. The number of benzene rings is 3. The molecular weight excluding hydrogens is 434 g/mol. The number of nitrogens with one attached hydrogen (secondary N) is 3. The summed E-state index contributed by atoms with van der Waals surface area (Å²) in [5, 5.41) is 7.58. The van der Waals surface area contributed by atoms with Gasteiger partial charge in [0.2, 0.25) is 0 Å². The average molecular weight is 455 g/mol. The third kappa shape index (κ3) is 4.53. The van der Waals surface area contributed by atoms with Crippen molar-refractivity contribution in [3.8, 4) is 0 Å². The maximum absolute atomic E-state index is 12.8. The first-order valence-corrected chi connectivity index (χ1v) is 10.6. The molecule has 0 aliphatic carbocycles. The van der Waals surface area contributed by atoms with E-state index in [1.165, 1.54) is 10.7 Å². The van der Waals surface area contributed by atoms with Crippen molar-refractivity contribution in [2.45, 2.75) is 13.5 Å². The highest BCUT2D eigenvalue weighted by Gasteiger charge is 2.18. The summed E-state index contributed by atoms with van der Waals surface area (Å²) in [6.07, 6.45) is 0. The van der Waals surface area contributed by atoms with E-state index in [-0.39, 0.29) is 35.0 Å². The van der Waals surface area contributed by atoms with Gasteiger partial charge >= 0.3 is 0 Å². The number of anilines is 1. The molecule has 0 bridgehead atoms. The van der Waals surface area contributed by atoms with E-state index in [0.717, 1.165) is 0 Å². The lowest BCUT2D eigenvalue weighted by atomic mass is 10.1. The SMILES string of the molecule is CCn1nc(C(=O)NNC(=O)c2ccccc2NC(=O)c2ccccc2)c2ccccc2c1=O. The molecule has 170 valence electrons. The molecule has 1 aromatic heterocycles. The minimum atomic E-state index is -0.683. The van der Waals surface area contributed by atoms with Crippen LogP contribution in [0.5, 0.6) is 0 Å². The van der Waals surface area contributed by atoms with Crippen LogP contribution in [0.25, 0.3) is 10.8 Å².